The highest BCUT2D eigenvalue weighted by molar-refractivity contribution is 6.04. The lowest BCUT2D eigenvalue weighted by Gasteiger charge is -2.24. The second kappa shape index (κ2) is 5.08. The number of nitrogen functional groups attached to an aromatic ring is 1. The predicted molar refractivity (Wildman–Crippen MR) is 79.3 cm³/mol. The van der Waals surface area contributed by atoms with E-state index in [-0.39, 0.29) is 5.78 Å². The molecule has 0 atom stereocenters. The van der Waals surface area contributed by atoms with Crippen LogP contribution in [0.25, 0.3) is 0 Å². The summed E-state index contributed by atoms with van der Waals surface area (Å²) in [7, 11) is 0. The number of halogens is 1. The molecule has 20 heavy (non-hydrogen) atoms. The van der Waals surface area contributed by atoms with Gasteiger partial charge in [0.15, 0.2) is 5.78 Å². The average Bonchev–Trinajstić information content (AvgIpc) is 2.41. The van der Waals surface area contributed by atoms with E-state index in [2.05, 4.69) is 0 Å². The first-order valence-corrected chi connectivity index (χ1v) is 6.49. The molecular weight excluding hydrogens is 253 g/mol. The van der Waals surface area contributed by atoms with Crippen molar-refractivity contribution in [3.63, 3.8) is 0 Å². The largest absolute Gasteiger partial charge is 0.399 e. The highest BCUT2D eigenvalue weighted by Crippen LogP contribution is 2.29. The Kier molecular flexibility index (Phi) is 3.62. The number of hydrogen-bond donors (Lipinski definition) is 1. The minimum Gasteiger partial charge on any atom is -0.399 e. The van der Waals surface area contributed by atoms with Crippen LogP contribution in [0.1, 0.15) is 35.3 Å². The van der Waals surface area contributed by atoms with Gasteiger partial charge in [0.1, 0.15) is 5.82 Å². The van der Waals surface area contributed by atoms with Crippen molar-refractivity contribution in [1.29, 1.82) is 0 Å². The van der Waals surface area contributed by atoms with Crippen LogP contribution in [0.3, 0.4) is 0 Å². The first-order valence-electron chi connectivity index (χ1n) is 6.49. The van der Waals surface area contributed by atoms with E-state index < -0.39 is 11.2 Å². The highest BCUT2D eigenvalue weighted by Gasteiger charge is 2.31. The Morgan fingerprint density at radius 3 is 2.30 bits per heavy atom. The molecule has 2 rings (SSSR count). The van der Waals surface area contributed by atoms with E-state index in [1.165, 1.54) is 12.1 Å². The molecule has 2 aromatic rings. The zero-order valence-corrected chi connectivity index (χ0v) is 11.9. The molecule has 0 amide bonds. The summed E-state index contributed by atoms with van der Waals surface area (Å²) < 4.78 is 13.4. The summed E-state index contributed by atoms with van der Waals surface area (Å²) in [5.41, 5.74) is 7.65. The van der Waals surface area contributed by atoms with Gasteiger partial charge in [-0.05, 0) is 56.2 Å². The topological polar surface area (TPSA) is 43.1 Å². The summed E-state index contributed by atoms with van der Waals surface area (Å²) in [6.07, 6.45) is 0. The molecule has 0 radical (unpaired) electrons. The van der Waals surface area contributed by atoms with E-state index in [9.17, 15) is 9.18 Å². The van der Waals surface area contributed by atoms with Gasteiger partial charge in [-0.15, -0.1) is 0 Å². The van der Waals surface area contributed by atoms with Gasteiger partial charge in [-0.1, -0.05) is 18.2 Å². The number of hydrogen-bond acceptors (Lipinski definition) is 2. The molecule has 0 aliphatic carbocycles. The maximum Gasteiger partial charge on any atom is 0.173 e. The Morgan fingerprint density at radius 1 is 1.10 bits per heavy atom. The van der Waals surface area contributed by atoms with Crippen LogP contribution in [0.15, 0.2) is 42.5 Å². The molecule has 0 fully saturated rings. The van der Waals surface area contributed by atoms with Crippen molar-refractivity contribution in [3.8, 4) is 0 Å². The second-order valence-corrected chi connectivity index (χ2v) is 5.54. The van der Waals surface area contributed by atoms with Crippen molar-refractivity contribution in [2.75, 3.05) is 5.73 Å². The van der Waals surface area contributed by atoms with E-state index in [1.807, 2.05) is 32.9 Å². The zero-order chi connectivity index (χ0) is 14.9. The highest BCUT2D eigenvalue weighted by atomic mass is 19.1. The van der Waals surface area contributed by atoms with Crippen LogP contribution in [0.4, 0.5) is 10.1 Å². The van der Waals surface area contributed by atoms with Crippen molar-refractivity contribution in [1.82, 2.24) is 0 Å². The molecule has 104 valence electrons. The van der Waals surface area contributed by atoms with Crippen LogP contribution >= 0.6 is 0 Å². The summed E-state index contributed by atoms with van der Waals surface area (Å²) in [6.45, 7) is 5.49. The number of carbonyl (C=O) groups is 1. The van der Waals surface area contributed by atoms with Crippen molar-refractivity contribution in [2.45, 2.75) is 26.2 Å². The molecule has 0 spiro atoms. The number of rotatable bonds is 3. The third kappa shape index (κ3) is 2.57. The minimum atomic E-state index is -0.730. The first-order chi connectivity index (χ1) is 9.32. The molecule has 0 saturated carbocycles. The van der Waals surface area contributed by atoms with E-state index >= 15 is 0 Å². The monoisotopic (exact) mass is 271 g/mol. The predicted octanol–water partition coefficient (Wildman–Crippen LogP) is 3.88. The average molecular weight is 271 g/mol. The van der Waals surface area contributed by atoms with Crippen molar-refractivity contribution >= 4 is 11.5 Å². The molecule has 0 aliphatic heterocycles. The molecule has 0 saturated heterocycles. The number of benzene rings is 2. The lowest BCUT2D eigenvalue weighted by Crippen LogP contribution is -2.29. The van der Waals surface area contributed by atoms with E-state index in [4.69, 9.17) is 5.73 Å². The molecule has 0 heterocycles. The van der Waals surface area contributed by atoms with Gasteiger partial charge in [-0.25, -0.2) is 4.39 Å². The fraction of sp³-hybridized carbons (Fsp3) is 0.235. The van der Waals surface area contributed by atoms with Gasteiger partial charge >= 0.3 is 0 Å². The van der Waals surface area contributed by atoms with Crippen molar-refractivity contribution in [3.05, 3.63) is 65.0 Å². The summed E-state index contributed by atoms with van der Waals surface area (Å²) >= 11 is 0. The molecule has 0 aromatic heterocycles. The zero-order valence-electron chi connectivity index (χ0n) is 11.9. The number of nitrogens with two attached hydrogens (primary N) is 1. The fourth-order valence-electron chi connectivity index (χ4n) is 2.21. The summed E-state index contributed by atoms with van der Waals surface area (Å²) in [5.74, 6) is -0.494. The molecular formula is C17H18FNO. The Hall–Kier alpha value is -2.16. The van der Waals surface area contributed by atoms with Gasteiger partial charge in [0.05, 0.1) is 5.41 Å². The van der Waals surface area contributed by atoms with Gasteiger partial charge < -0.3 is 5.73 Å². The smallest absolute Gasteiger partial charge is 0.173 e. The van der Waals surface area contributed by atoms with Gasteiger partial charge in [0, 0.05) is 11.3 Å². The van der Waals surface area contributed by atoms with E-state index in [0.29, 0.717) is 11.3 Å². The Bertz CT molecular complexity index is 645. The Labute approximate surface area is 118 Å². The van der Waals surface area contributed by atoms with Crippen LogP contribution in [0, 0.1) is 12.7 Å². The van der Waals surface area contributed by atoms with Crippen molar-refractivity contribution < 1.29 is 9.18 Å². The number of carbonyl (C=O) groups excluding carboxylic acids is 1. The summed E-state index contributed by atoms with van der Waals surface area (Å²) in [5, 5.41) is 0. The molecule has 0 aliphatic rings. The van der Waals surface area contributed by atoms with Crippen LogP contribution < -0.4 is 5.73 Å². The van der Waals surface area contributed by atoms with Gasteiger partial charge in [0.25, 0.3) is 0 Å². The standard InChI is InChI=1S/C17H18FNO/c1-11-4-7-13(18)10-15(11)16(20)17(2,3)12-5-8-14(19)9-6-12/h4-10H,19H2,1-3H3. The lowest BCUT2D eigenvalue weighted by molar-refractivity contribution is 0.0907. The van der Waals surface area contributed by atoms with Crippen LogP contribution in [-0.4, -0.2) is 5.78 Å². The van der Waals surface area contributed by atoms with Crippen LogP contribution in [-0.2, 0) is 5.41 Å². The first kappa shape index (κ1) is 14.3. The van der Waals surface area contributed by atoms with E-state index in [1.54, 1.807) is 18.2 Å². The normalized spacial score (nSPS) is 11.4. The molecule has 2 N–H and O–H groups in total. The number of anilines is 1. The third-order valence-corrected chi connectivity index (χ3v) is 3.64. The Balaban J connectivity index is 2.45. The van der Waals surface area contributed by atoms with Crippen LogP contribution in [0.5, 0.6) is 0 Å². The molecule has 2 aromatic carbocycles. The third-order valence-electron chi connectivity index (χ3n) is 3.64. The van der Waals surface area contributed by atoms with Crippen molar-refractivity contribution in [2.24, 2.45) is 0 Å². The van der Waals surface area contributed by atoms with Gasteiger partial charge in [0.2, 0.25) is 0 Å². The number of Topliss-reactive ketones (excluding diaryl/α,β-unsaturated/α-hetero) is 1. The summed E-state index contributed by atoms with van der Waals surface area (Å²) in [4.78, 5) is 12.7. The molecule has 3 heteroatoms. The number of aryl methyl sites for hydroxylation is 1. The maximum atomic E-state index is 13.4. The lowest BCUT2D eigenvalue weighted by atomic mass is 9.77. The minimum absolute atomic E-state index is 0.0979. The quantitative estimate of drug-likeness (QED) is 0.680. The van der Waals surface area contributed by atoms with Gasteiger partial charge in [-0.2, -0.15) is 0 Å². The molecule has 0 bridgehead atoms. The van der Waals surface area contributed by atoms with E-state index in [0.717, 1.165) is 11.1 Å². The SMILES string of the molecule is Cc1ccc(F)cc1C(=O)C(C)(C)c1ccc(N)cc1. The Morgan fingerprint density at radius 2 is 1.70 bits per heavy atom. The summed E-state index contributed by atoms with van der Waals surface area (Å²) in [6, 6.07) is 11.5. The second-order valence-electron chi connectivity index (χ2n) is 5.54. The maximum absolute atomic E-state index is 13.4. The van der Waals surface area contributed by atoms with Gasteiger partial charge in [-0.3, -0.25) is 4.79 Å². The van der Waals surface area contributed by atoms with Crippen LogP contribution in [0.2, 0.25) is 0 Å². The number of ketones is 1. The molecule has 0 unspecified atom stereocenters. The molecule has 2 nitrogen and oxygen atoms in total. The fourth-order valence-corrected chi connectivity index (χ4v) is 2.21.